The van der Waals surface area contributed by atoms with Crippen LogP contribution >= 0.6 is 0 Å². The van der Waals surface area contributed by atoms with Crippen LogP contribution in [-0.4, -0.2) is 44.2 Å². The molecule has 26 heavy (non-hydrogen) atoms. The number of carbonyl (C=O) groups is 1. The Morgan fingerprint density at radius 2 is 1.77 bits per heavy atom. The molecule has 0 unspecified atom stereocenters. The maximum Gasteiger partial charge on any atom is 0.332 e. The maximum absolute atomic E-state index is 12.4. The average molecular weight is 375 g/mol. The Morgan fingerprint density at radius 1 is 1.15 bits per heavy atom. The summed E-state index contributed by atoms with van der Waals surface area (Å²) < 4.78 is 27.0. The molecule has 1 saturated heterocycles. The Bertz CT molecular complexity index is 825. The molecule has 0 aromatic heterocycles. The number of amides is 2. The van der Waals surface area contributed by atoms with E-state index in [4.69, 9.17) is 0 Å². The Balaban J connectivity index is 1.47. The number of hydrogen-bond acceptors (Lipinski definition) is 4. The minimum atomic E-state index is -3.66. The van der Waals surface area contributed by atoms with Gasteiger partial charge in [0.15, 0.2) is 0 Å². The third-order valence-corrected chi connectivity index (χ3v) is 7.34. The highest BCUT2D eigenvalue weighted by Gasteiger charge is 2.37. The third kappa shape index (κ3) is 3.14. The highest BCUT2D eigenvalue weighted by Crippen LogP contribution is 2.38. The second kappa shape index (κ2) is 6.70. The van der Waals surface area contributed by atoms with Gasteiger partial charge in [0.25, 0.3) is 0 Å². The molecule has 0 bridgehead atoms. The molecule has 7 heteroatoms. The number of carbonyl (C=O) groups excluding carboxylic acids is 1. The van der Waals surface area contributed by atoms with Crippen LogP contribution in [0.15, 0.2) is 18.7 Å². The van der Waals surface area contributed by atoms with Gasteiger partial charge in [0.2, 0.25) is 10.0 Å². The molecule has 6 nitrogen and oxygen atoms in total. The van der Waals surface area contributed by atoms with Gasteiger partial charge >= 0.3 is 6.03 Å². The van der Waals surface area contributed by atoms with Crippen LogP contribution in [-0.2, 0) is 35.7 Å². The van der Waals surface area contributed by atoms with Crippen LogP contribution < -0.4 is 10.0 Å². The van der Waals surface area contributed by atoms with Gasteiger partial charge < -0.3 is 5.32 Å². The van der Waals surface area contributed by atoms with E-state index in [0.29, 0.717) is 19.6 Å². The highest BCUT2D eigenvalue weighted by atomic mass is 32.2. The van der Waals surface area contributed by atoms with Crippen molar-refractivity contribution >= 4 is 21.7 Å². The third-order valence-electron chi connectivity index (χ3n) is 5.70. The van der Waals surface area contributed by atoms with Crippen molar-refractivity contribution < 1.29 is 13.2 Å². The summed E-state index contributed by atoms with van der Waals surface area (Å²) in [6, 6.07) is 1.65. The molecule has 1 fully saturated rings. The number of nitrogens with one attached hydrogen (secondary N) is 2. The van der Waals surface area contributed by atoms with E-state index in [0.717, 1.165) is 44.2 Å². The second-order valence-electron chi connectivity index (χ2n) is 7.46. The number of benzene rings is 1. The summed E-state index contributed by atoms with van der Waals surface area (Å²) in [4.78, 5) is 14.4. The fourth-order valence-electron chi connectivity index (χ4n) is 4.37. The van der Waals surface area contributed by atoms with Crippen LogP contribution in [0.4, 0.5) is 10.5 Å². The number of aryl methyl sites for hydroxylation is 2. The minimum Gasteiger partial charge on any atom is -0.307 e. The molecule has 1 aliphatic heterocycles. The van der Waals surface area contributed by atoms with E-state index < -0.39 is 21.3 Å². The predicted octanol–water partition coefficient (Wildman–Crippen LogP) is 1.99. The predicted molar refractivity (Wildman–Crippen MR) is 102 cm³/mol. The van der Waals surface area contributed by atoms with Crippen LogP contribution in [0.3, 0.4) is 0 Å². The van der Waals surface area contributed by atoms with E-state index >= 15 is 0 Å². The van der Waals surface area contributed by atoms with Crippen molar-refractivity contribution in [3.05, 3.63) is 41.0 Å². The van der Waals surface area contributed by atoms with Gasteiger partial charge in [-0.2, -0.15) is 0 Å². The van der Waals surface area contributed by atoms with E-state index in [2.05, 4.69) is 22.7 Å². The number of hydrogen-bond donors (Lipinski definition) is 2. The summed E-state index contributed by atoms with van der Waals surface area (Å²) >= 11 is 0. The zero-order chi connectivity index (χ0) is 18.3. The van der Waals surface area contributed by atoms with E-state index in [9.17, 15) is 13.2 Å². The van der Waals surface area contributed by atoms with Crippen molar-refractivity contribution in [3.8, 4) is 0 Å². The first-order valence-electron chi connectivity index (χ1n) is 9.30. The molecule has 0 radical (unpaired) electrons. The van der Waals surface area contributed by atoms with Gasteiger partial charge in [-0.15, -0.1) is 6.58 Å². The van der Waals surface area contributed by atoms with Gasteiger partial charge in [-0.1, -0.05) is 12.1 Å². The first-order chi connectivity index (χ1) is 12.5. The van der Waals surface area contributed by atoms with Crippen LogP contribution in [0.25, 0.3) is 0 Å². The highest BCUT2D eigenvalue weighted by molar-refractivity contribution is 7.90. The van der Waals surface area contributed by atoms with Crippen molar-refractivity contribution in [2.24, 2.45) is 0 Å². The van der Waals surface area contributed by atoms with E-state index in [1.807, 2.05) is 4.90 Å². The van der Waals surface area contributed by atoms with Gasteiger partial charge in [0.1, 0.15) is 5.25 Å². The molecule has 2 N–H and O–H groups in total. The summed E-state index contributed by atoms with van der Waals surface area (Å²) in [6.45, 7) is 5.19. The summed E-state index contributed by atoms with van der Waals surface area (Å²) in [5, 5.41) is 2.34. The number of nitrogens with zero attached hydrogens (tertiary/aromatic N) is 1. The molecule has 4 rings (SSSR count). The monoisotopic (exact) mass is 375 g/mol. The maximum atomic E-state index is 12.4. The first kappa shape index (κ1) is 17.5. The smallest absolute Gasteiger partial charge is 0.307 e. The summed E-state index contributed by atoms with van der Waals surface area (Å²) in [6.07, 6.45) is 7.91. The molecule has 1 heterocycles. The molecular weight excluding hydrogens is 350 g/mol. The van der Waals surface area contributed by atoms with Crippen molar-refractivity contribution in [2.75, 3.05) is 25.0 Å². The Hall–Kier alpha value is -1.86. The summed E-state index contributed by atoms with van der Waals surface area (Å²) in [7, 11) is -3.66. The van der Waals surface area contributed by atoms with Crippen molar-refractivity contribution in [3.63, 3.8) is 0 Å². The Labute approximate surface area is 154 Å². The van der Waals surface area contributed by atoms with Crippen LogP contribution in [0.2, 0.25) is 0 Å². The molecule has 0 atom stereocenters. The zero-order valence-electron chi connectivity index (χ0n) is 14.9. The number of sulfonamides is 1. The number of urea groups is 1. The lowest BCUT2D eigenvalue weighted by molar-refractivity contribution is 0.205. The number of fused-ring (bicyclic) bond motifs is 2. The SMILES string of the molecule is C=CCN1CC(S(=O)(=O)NC(=O)Nc2c3c(cc4c2CCC4)CCC3)C1. The van der Waals surface area contributed by atoms with Crippen molar-refractivity contribution in [2.45, 2.75) is 43.8 Å². The minimum absolute atomic E-state index is 0.435. The molecule has 0 saturated carbocycles. The standard InChI is InChI=1S/C19H25N3O3S/c1-2-9-22-11-15(12-22)26(24,25)21-19(23)20-18-16-7-3-5-13(16)10-14-6-4-8-17(14)18/h2,10,15H,1,3-9,11-12H2,(H2,20,21,23). The molecule has 1 aromatic rings. The Morgan fingerprint density at radius 3 is 2.35 bits per heavy atom. The largest absolute Gasteiger partial charge is 0.332 e. The van der Waals surface area contributed by atoms with Gasteiger partial charge in [-0.25, -0.2) is 17.9 Å². The summed E-state index contributed by atoms with van der Waals surface area (Å²) in [5.41, 5.74) is 5.87. The Kier molecular flexibility index (Phi) is 4.52. The molecule has 2 amide bonds. The van der Waals surface area contributed by atoms with Crippen molar-refractivity contribution in [1.82, 2.24) is 9.62 Å². The lowest BCUT2D eigenvalue weighted by Gasteiger charge is -2.37. The average Bonchev–Trinajstić information content (AvgIpc) is 3.18. The molecule has 2 aliphatic carbocycles. The van der Waals surface area contributed by atoms with Crippen LogP contribution in [0, 0.1) is 0 Å². The van der Waals surface area contributed by atoms with Gasteiger partial charge in [0.05, 0.1) is 0 Å². The molecule has 3 aliphatic rings. The first-order valence-corrected chi connectivity index (χ1v) is 10.8. The van der Waals surface area contributed by atoms with Gasteiger partial charge in [-0.3, -0.25) is 4.90 Å². The topological polar surface area (TPSA) is 78.5 Å². The molecule has 0 spiro atoms. The van der Waals surface area contributed by atoms with Gasteiger partial charge in [0, 0.05) is 25.3 Å². The molecule has 1 aromatic carbocycles. The van der Waals surface area contributed by atoms with Crippen molar-refractivity contribution in [1.29, 1.82) is 0 Å². The van der Waals surface area contributed by atoms with E-state index in [1.165, 1.54) is 22.3 Å². The quantitative estimate of drug-likeness (QED) is 0.772. The van der Waals surface area contributed by atoms with Crippen LogP contribution in [0.5, 0.6) is 0 Å². The van der Waals surface area contributed by atoms with Gasteiger partial charge in [-0.05, 0) is 60.8 Å². The fraction of sp³-hybridized carbons (Fsp3) is 0.526. The zero-order valence-corrected chi connectivity index (χ0v) is 15.7. The van der Waals surface area contributed by atoms with E-state index in [-0.39, 0.29) is 0 Å². The second-order valence-corrected chi connectivity index (χ2v) is 9.43. The summed E-state index contributed by atoms with van der Waals surface area (Å²) in [5.74, 6) is 0. The molecular formula is C19H25N3O3S. The fourth-order valence-corrected chi connectivity index (χ4v) is 5.66. The number of anilines is 1. The number of likely N-dealkylation sites (tertiary alicyclic amines) is 1. The normalized spacial score (nSPS) is 19.5. The van der Waals surface area contributed by atoms with Crippen LogP contribution in [0.1, 0.15) is 35.1 Å². The molecule has 140 valence electrons. The number of rotatable bonds is 5. The lowest BCUT2D eigenvalue weighted by atomic mass is 9.99. The van der Waals surface area contributed by atoms with E-state index in [1.54, 1.807) is 6.08 Å². The lowest BCUT2D eigenvalue weighted by Crippen LogP contribution is -2.58.